The highest BCUT2D eigenvalue weighted by Gasteiger charge is 2.37. The third kappa shape index (κ3) is 3.31. The molecule has 0 saturated heterocycles. The highest BCUT2D eigenvalue weighted by Crippen LogP contribution is 2.50. The SMILES string of the molecule is O=C(Nc1ccc2c(c1)C1C=CCC1C(c1ccc(F)cc1)N2)c1ccccc1. The van der Waals surface area contributed by atoms with Crippen molar-refractivity contribution < 1.29 is 9.18 Å². The molecule has 0 aromatic heterocycles. The summed E-state index contributed by atoms with van der Waals surface area (Å²) in [5.41, 5.74) is 4.77. The number of carbonyl (C=O) groups excluding carboxylic acids is 1. The summed E-state index contributed by atoms with van der Waals surface area (Å²) in [4.78, 5) is 12.5. The number of anilines is 2. The zero-order valence-electron chi connectivity index (χ0n) is 15.8. The minimum atomic E-state index is -0.218. The average molecular weight is 384 g/mol. The van der Waals surface area contributed by atoms with E-state index in [4.69, 9.17) is 0 Å². The molecule has 1 aliphatic carbocycles. The summed E-state index contributed by atoms with van der Waals surface area (Å²) in [5.74, 6) is 0.310. The number of allylic oxidation sites excluding steroid dienone is 2. The molecule has 3 nitrogen and oxygen atoms in total. The number of nitrogens with one attached hydrogen (secondary N) is 2. The second-order valence-corrected chi connectivity index (χ2v) is 7.65. The second kappa shape index (κ2) is 7.21. The van der Waals surface area contributed by atoms with E-state index in [9.17, 15) is 9.18 Å². The van der Waals surface area contributed by atoms with Gasteiger partial charge in [0.2, 0.25) is 0 Å². The number of carbonyl (C=O) groups is 1. The summed E-state index contributed by atoms with van der Waals surface area (Å²) >= 11 is 0. The predicted molar refractivity (Wildman–Crippen MR) is 114 cm³/mol. The van der Waals surface area contributed by atoms with Crippen LogP contribution in [0.15, 0.2) is 84.9 Å². The first kappa shape index (κ1) is 17.7. The molecule has 0 radical (unpaired) electrons. The maximum atomic E-state index is 13.4. The Balaban J connectivity index is 1.44. The van der Waals surface area contributed by atoms with Crippen molar-refractivity contribution in [1.82, 2.24) is 0 Å². The lowest BCUT2D eigenvalue weighted by atomic mass is 9.77. The van der Waals surface area contributed by atoms with Crippen LogP contribution >= 0.6 is 0 Å². The van der Waals surface area contributed by atoms with Crippen LogP contribution in [0.4, 0.5) is 15.8 Å². The molecule has 0 spiro atoms. The van der Waals surface area contributed by atoms with Crippen molar-refractivity contribution in [2.24, 2.45) is 5.92 Å². The molecule has 0 fully saturated rings. The van der Waals surface area contributed by atoms with Gasteiger partial charge in [-0.25, -0.2) is 4.39 Å². The van der Waals surface area contributed by atoms with Crippen molar-refractivity contribution in [3.8, 4) is 0 Å². The van der Waals surface area contributed by atoms with Gasteiger partial charge < -0.3 is 10.6 Å². The fourth-order valence-corrected chi connectivity index (χ4v) is 4.47. The van der Waals surface area contributed by atoms with Crippen LogP contribution in [0, 0.1) is 11.7 Å². The maximum absolute atomic E-state index is 13.4. The Labute approximate surface area is 169 Å². The molecule has 3 aromatic rings. The molecule has 1 heterocycles. The molecule has 0 saturated carbocycles. The van der Waals surface area contributed by atoms with Gasteiger partial charge >= 0.3 is 0 Å². The largest absolute Gasteiger partial charge is 0.378 e. The molecule has 144 valence electrons. The van der Waals surface area contributed by atoms with Gasteiger partial charge in [0.1, 0.15) is 5.82 Å². The summed E-state index contributed by atoms with van der Waals surface area (Å²) in [6.07, 6.45) is 5.45. The van der Waals surface area contributed by atoms with Crippen molar-refractivity contribution in [3.63, 3.8) is 0 Å². The van der Waals surface area contributed by atoms with Crippen molar-refractivity contribution in [1.29, 1.82) is 0 Å². The van der Waals surface area contributed by atoms with Gasteiger partial charge in [-0.1, -0.05) is 42.5 Å². The topological polar surface area (TPSA) is 41.1 Å². The van der Waals surface area contributed by atoms with E-state index in [0.29, 0.717) is 11.5 Å². The number of hydrogen-bond donors (Lipinski definition) is 2. The Hall–Kier alpha value is -3.40. The van der Waals surface area contributed by atoms with E-state index in [1.165, 1.54) is 17.7 Å². The van der Waals surface area contributed by atoms with Crippen LogP contribution in [-0.2, 0) is 0 Å². The Morgan fingerprint density at radius 1 is 1.00 bits per heavy atom. The zero-order chi connectivity index (χ0) is 19.8. The highest BCUT2D eigenvalue weighted by atomic mass is 19.1. The van der Waals surface area contributed by atoms with Gasteiger partial charge in [-0.05, 0) is 65.9 Å². The Morgan fingerprint density at radius 3 is 2.59 bits per heavy atom. The van der Waals surface area contributed by atoms with Crippen molar-refractivity contribution in [2.45, 2.75) is 18.4 Å². The van der Waals surface area contributed by atoms with Crippen molar-refractivity contribution >= 4 is 17.3 Å². The molecule has 1 amide bonds. The number of amides is 1. The molecule has 3 atom stereocenters. The number of halogens is 1. The third-order valence-electron chi connectivity index (χ3n) is 5.89. The Kier molecular flexibility index (Phi) is 4.39. The molecule has 29 heavy (non-hydrogen) atoms. The van der Waals surface area contributed by atoms with Crippen LogP contribution in [0.25, 0.3) is 0 Å². The molecular weight excluding hydrogens is 363 g/mol. The first-order valence-electron chi connectivity index (χ1n) is 9.88. The van der Waals surface area contributed by atoms with Crippen LogP contribution in [-0.4, -0.2) is 5.91 Å². The molecule has 2 aliphatic rings. The Morgan fingerprint density at radius 2 is 1.79 bits per heavy atom. The van der Waals surface area contributed by atoms with E-state index >= 15 is 0 Å². The first-order valence-corrected chi connectivity index (χ1v) is 9.88. The molecular formula is C25H21FN2O. The van der Waals surface area contributed by atoms with Gasteiger partial charge in [0.25, 0.3) is 5.91 Å². The van der Waals surface area contributed by atoms with E-state index in [1.807, 2.05) is 42.5 Å². The minimum Gasteiger partial charge on any atom is -0.378 e. The van der Waals surface area contributed by atoms with Crippen LogP contribution in [0.1, 0.15) is 39.9 Å². The predicted octanol–water partition coefficient (Wildman–Crippen LogP) is 5.90. The molecule has 4 heteroatoms. The van der Waals surface area contributed by atoms with E-state index in [-0.39, 0.29) is 23.7 Å². The quantitative estimate of drug-likeness (QED) is 0.552. The van der Waals surface area contributed by atoms with Crippen LogP contribution in [0.5, 0.6) is 0 Å². The third-order valence-corrected chi connectivity index (χ3v) is 5.89. The van der Waals surface area contributed by atoms with Crippen LogP contribution in [0.3, 0.4) is 0 Å². The molecule has 5 rings (SSSR count). The summed E-state index contributed by atoms with van der Waals surface area (Å²) < 4.78 is 13.4. The monoisotopic (exact) mass is 384 g/mol. The van der Waals surface area contributed by atoms with Gasteiger partial charge in [-0.2, -0.15) is 0 Å². The van der Waals surface area contributed by atoms with Gasteiger partial charge in [0, 0.05) is 22.9 Å². The molecule has 2 N–H and O–H groups in total. The molecule has 3 aromatic carbocycles. The van der Waals surface area contributed by atoms with E-state index < -0.39 is 0 Å². The standard InChI is InChI=1S/C25H21FN2O/c26-18-11-9-16(10-12-18)24-21-8-4-7-20(21)22-15-19(13-14-23(22)28-24)27-25(29)17-5-2-1-3-6-17/h1-7,9-15,20-21,24,28H,8H2,(H,27,29). The molecule has 1 aliphatic heterocycles. The highest BCUT2D eigenvalue weighted by molar-refractivity contribution is 6.04. The maximum Gasteiger partial charge on any atom is 0.255 e. The van der Waals surface area contributed by atoms with E-state index in [1.54, 1.807) is 12.1 Å². The number of benzene rings is 3. The van der Waals surface area contributed by atoms with Crippen LogP contribution in [0.2, 0.25) is 0 Å². The lowest BCUT2D eigenvalue weighted by Crippen LogP contribution is -2.29. The summed E-state index contributed by atoms with van der Waals surface area (Å²) in [6, 6.07) is 22.1. The fourth-order valence-electron chi connectivity index (χ4n) is 4.47. The van der Waals surface area contributed by atoms with E-state index in [2.05, 4.69) is 28.9 Å². The fraction of sp³-hybridized carbons (Fsp3) is 0.160. The second-order valence-electron chi connectivity index (χ2n) is 7.65. The number of fused-ring (bicyclic) bond motifs is 3. The summed E-state index contributed by atoms with van der Waals surface area (Å²) in [6.45, 7) is 0. The van der Waals surface area contributed by atoms with Gasteiger partial charge in [0.15, 0.2) is 0 Å². The normalized spacial score (nSPS) is 21.8. The van der Waals surface area contributed by atoms with Gasteiger partial charge in [-0.15, -0.1) is 0 Å². The number of hydrogen-bond acceptors (Lipinski definition) is 2. The minimum absolute atomic E-state index is 0.114. The zero-order valence-corrected chi connectivity index (χ0v) is 15.8. The van der Waals surface area contributed by atoms with Gasteiger partial charge in [0.05, 0.1) is 6.04 Å². The molecule has 0 bridgehead atoms. The Bertz CT molecular complexity index is 1080. The number of rotatable bonds is 3. The van der Waals surface area contributed by atoms with Crippen molar-refractivity contribution in [2.75, 3.05) is 10.6 Å². The summed E-state index contributed by atoms with van der Waals surface area (Å²) in [5, 5.41) is 6.65. The van der Waals surface area contributed by atoms with Gasteiger partial charge in [-0.3, -0.25) is 4.79 Å². The smallest absolute Gasteiger partial charge is 0.255 e. The average Bonchev–Trinajstić information content (AvgIpc) is 3.25. The van der Waals surface area contributed by atoms with E-state index in [0.717, 1.165) is 23.4 Å². The van der Waals surface area contributed by atoms with Crippen molar-refractivity contribution in [3.05, 3.63) is 107 Å². The first-order chi connectivity index (χ1) is 14.2. The lowest BCUT2D eigenvalue weighted by Gasteiger charge is -2.37. The summed E-state index contributed by atoms with van der Waals surface area (Å²) in [7, 11) is 0. The lowest BCUT2D eigenvalue weighted by molar-refractivity contribution is 0.102. The van der Waals surface area contributed by atoms with Crippen LogP contribution < -0.4 is 10.6 Å². The molecule has 3 unspecified atom stereocenters.